The summed E-state index contributed by atoms with van der Waals surface area (Å²) >= 11 is 12.9. The van der Waals surface area contributed by atoms with E-state index in [9.17, 15) is 14.0 Å². The van der Waals surface area contributed by atoms with Crippen LogP contribution in [0.25, 0.3) is 15.9 Å². The van der Waals surface area contributed by atoms with Crippen LogP contribution in [-0.4, -0.2) is 33.2 Å². The van der Waals surface area contributed by atoms with E-state index in [0.29, 0.717) is 26.1 Å². The van der Waals surface area contributed by atoms with Gasteiger partial charge in [0, 0.05) is 11.6 Å². The first kappa shape index (κ1) is 21.2. The third-order valence-electron chi connectivity index (χ3n) is 4.22. The number of hydrogen-bond acceptors (Lipinski definition) is 6. The van der Waals surface area contributed by atoms with E-state index in [1.54, 1.807) is 29.8 Å². The van der Waals surface area contributed by atoms with Crippen LogP contribution in [0.4, 0.5) is 10.2 Å². The highest BCUT2D eigenvalue weighted by molar-refractivity contribution is 7.20. The number of aromatic nitrogens is 3. The van der Waals surface area contributed by atoms with Crippen molar-refractivity contribution in [3.05, 3.63) is 69.0 Å². The first-order chi connectivity index (χ1) is 14.8. The second-order valence-electron chi connectivity index (χ2n) is 6.41. The zero-order valence-electron chi connectivity index (χ0n) is 15.9. The Bertz CT molecular complexity index is 1300. The minimum Gasteiger partial charge on any atom is -0.451 e. The van der Waals surface area contributed by atoms with Crippen LogP contribution in [0.1, 0.15) is 15.4 Å². The SMILES string of the molecule is Cc1nn(-c2ccc(F)cc2)c2sc(C(=O)OCC(=O)Nc3ncc(Cl)cc3Cl)cc12. The average molecular weight is 479 g/mol. The summed E-state index contributed by atoms with van der Waals surface area (Å²) in [5.41, 5.74) is 1.36. The molecule has 1 N–H and O–H groups in total. The lowest BCUT2D eigenvalue weighted by Gasteiger charge is -2.07. The minimum atomic E-state index is -0.656. The quantitative estimate of drug-likeness (QED) is 0.406. The number of rotatable bonds is 5. The summed E-state index contributed by atoms with van der Waals surface area (Å²) in [5, 5.41) is 8.15. The van der Waals surface area contributed by atoms with Crippen LogP contribution in [0.15, 0.2) is 42.6 Å². The van der Waals surface area contributed by atoms with Gasteiger partial charge in [0.05, 0.1) is 21.4 Å². The van der Waals surface area contributed by atoms with Gasteiger partial charge in [-0.15, -0.1) is 11.3 Å². The summed E-state index contributed by atoms with van der Waals surface area (Å²) in [7, 11) is 0. The van der Waals surface area contributed by atoms with Crippen LogP contribution in [0.3, 0.4) is 0 Å². The molecule has 31 heavy (non-hydrogen) atoms. The fraction of sp³-hybridized carbons (Fsp3) is 0.100. The molecule has 0 aliphatic rings. The van der Waals surface area contributed by atoms with Gasteiger partial charge in [-0.3, -0.25) is 4.79 Å². The van der Waals surface area contributed by atoms with Crippen molar-refractivity contribution in [1.82, 2.24) is 14.8 Å². The number of nitrogens with one attached hydrogen (secondary N) is 1. The van der Waals surface area contributed by atoms with Gasteiger partial charge in [0.15, 0.2) is 12.4 Å². The molecular weight excluding hydrogens is 466 g/mol. The molecule has 1 amide bonds. The molecule has 0 unspecified atom stereocenters. The molecule has 0 saturated carbocycles. The summed E-state index contributed by atoms with van der Waals surface area (Å²) in [6.07, 6.45) is 1.33. The Kier molecular flexibility index (Phi) is 5.90. The molecular formula is C20H13Cl2FN4O3S. The van der Waals surface area contributed by atoms with Gasteiger partial charge in [-0.05, 0) is 43.3 Å². The molecule has 4 rings (SSSR count). The third kappa shape index (κ3) is 4.53. The molecule has 3 heterocycles. The predicted octanol–water partition coefficient (Wildman–Crippen LogP) is 5.03. The first-order valence-electron chi connectivity index (χ1n) is 8.85. The van der Waals surface area contributed by atoms with Gasteiger partial charge >= 0.3 is 5.97 Å². The van der Waals surface area contributed by atoms with Gasteiger partial charge < -0.3 is 10.1 Å². The van der Waals surface area contributed by atoms with Crippen molar-refractivity contribution in [1.29, 1.82) is 0 Å². The van der Waals surface area contributed by atoms with Crippen molar-refractivity contribution in [3.63, 3.8) is 0 Å². The molecule has 158 valence electrons. The number of nitrogens with zero attached hydrogens (tertiary/aromatic N) is 3. The molecule has 7 nitrogen and oxygen atoms in total. The zero-order chi connectivity index (χ0) is 22.1. The average Bonchev–Trinajstić information content (AvgIpc) is 3.30. The summed E-state index contributed by atoms with van der Waals surface area (Å²) in [4.78, 5) is 29.4. The van der Waals surface area contributed by atoms with Crippen molar-refractivity contribution in [2.75, 3.05) is 11.9 Å². The van der Waals surface area contributed by atoms with Gasteiger partial charge in [0.1, 0.15) is 15.5 Å². The normalized spacial score (nSPS) is 11.0. The van der Waals surface area contributed by atoms with E-state index in [4.69, 9.17) is 27.9 Å². The largest absolute Gasteiger partial charge is 0.451 e. The number of benzene rings is 1. The van der Waals surface area contributed by atoms with E-state index in [-0.39, 0.29) is 16.7 Å². The van der Waals surface area contributed by atoms with Crippen molar-refractivity contribution in [3.8, 4) is 5.69 Å². The third-order valence-corrected chi connectivity index (χ3v) is 5.80. The first-order valence-corrected chi connectivity index (χ1v) is 10.4. The van der Waals surface area contributed by atoms with Crippen LogP contribution in [-0.2, 0) is 9.53 Å². The van der Waals surface area contributed by atoms with Gasteiger partial charge in [-0.1, -0.05) is 23.2 Å². The number of esters is 1. The van der Waals surface area contributed by atoms with Crippen molar-refractivity contribution in [2.24, 2.45) is 0 Å². The molecule has 11 heteroatoms. The maximum Gasteiger partial charge on any atom is 0.348 e. The lowest BCUT2D eigenvalue weighted by molar-refractivity contribution is -0.119. The highest BCUT2D eigenvalue weighted by atomic mass is 35.5. The van der Waals surface area contributed by atoms with E-state index in [0.717, 1.165) is 16.7 Å². The highest BCUT2D eigenvalue weighted by Crippen LogP contribution is 2.31. The van der Waals surface area contributed by atoms with E-state index >= 15 is 0 Å². The number of amides is 1. The van der Waals surface area contributed by atoms with Gasteiger partial charge in [0.2, 0.25) is 0 Å². The predicted molar refractivity (Wildman–Crippen MR) is 117 cm³/mol. The molecule has 1 aromatic carbocycles. The summed E-state index contributed by atoms with van der Waals surface area (Å²) in [5.74, 6) is -1.49. The number of anilines is 1. The summed E-state index contributed by atoms with van der Waals surface area (Å²) in [6, 6.07) is 8.95. The fourth-order valence-corrected chi connectivity index (χ4v) is 4.29. The number of halogens is 3. The highest BCUT2D eigenvalue weighted by Gasteiger charge is 2.19. The van der Waals surface area contributed by atoms with Gasteiger partial charge in [-0.2, -0.15) is 5.10 Å². The van der Waals surface area contributed by atoms with Crippen LogP contribution >= 0.6 is 34.5 Å². The van der Waals surface area contributed by atoms with E-state index in [1.807, 2.05) is 0 Å². The number of carbonyl (C=O) groups is 2. The van der Waals surface area contributed by atoms with Crippen molar-refractivity contribution < 1.29 is 18.7 Å². The number of fused-ring (bicyclic) bond motifs is 1. The Morgan fingerprint density at radius 1 is 1.23 bits per heavy atom. The number of pyridine rings is 1. The van der Waals surface area contributed by atoms with E-state index < -0.39 is 18.5 Å². The Morgan fingerprint density at radius 3 is 2.68 bits per heavy atom. The standard InChI is InChI=1S/C20H13Cl2FN4O3S/c1-10-14-7-16(31-19(14)27(26-10)13-4-2-12(23)3-5-13)20(29)30-9-17(28)25-18-15(22)6-11(21)8-24-18/h2-8H,9H2,1H3,(H,24,25,28). The Morgan fingerprint density at radius 2 is 1.97 bits per heavy atom. The topological polar surface area (TPSA) is 86.1 Å². The number of ether oxygens (including phenoxy) is 1. The second kappa shape index (κ2) is 8.62. The molecule has 0 spiro atoms. The van der Waals surface area contributed by atoms with E-state index in [2.05, 4.69) is 15.4 Å². The van der Waals surface area contributed by atoms with Crippen LogP contribution in [0, 0.1) is 12.7 Å². The number of hydrogen-bond donors (Lipinski definition) is 1. The van der Waals surface area contributed by atoms with Crippen molar-refractivity contribution >= 4 is 62.4 Å². The number of aryl methyl sites for hydroxylation is 1. The Hall–Kier alpha value is -3.01. The van der Waals surface area contributed by atoms with Crippen LogP contribution < -0.4 is 5.32 Å². The molecule has 0 fully saturated rings. The van der Waals surface area contributed by atoms with Crippen LogP contribution in [0.2, 0.25) is 10.0 Å². The Balaban J connectivity index is 1.47. The van der Waals surface area contributed by atoms with E-state index in [1.165, 1.54) is 24.4 Å². The molecule has 3 aromatic heterocycles. The molecule has 0 atom stereocenters. The smallest absolute Gasteiger partial charge is 0.348 e. The molecule has 0 aliphatic carbocycles. The summed E-state index contributed by atoms with van der Waals surface area (Å²) in [6.45, 7) is 1.29. The second-order valence-corrected chi connectivity index (χ2v) is 8.29. The van der Waals surface area contributed by atoms with Crippen LogP contribution in [0.5, 0.6) is 0 Å². The monoisotopic (exact) mass is 478 g/mol. The molecule has 4 aromatic rings. The lowest BCUT2D eigenvalue weighted by Crippen LogP contribution is -2.21. The Labute approximate surface area is 189 Å². The summed E-state index contributed by atoms with van der Waals surface area (Å²) < 4.78 is 20.0. The number of carbonyl (C=O) groups excluding carboxylic acids is 2. The van der Waals surface area contributed by atoms with Crippen molar-refractivity contribution in [2.45, 2.75) is 6.92 Å². The van der Waals surface area contributed by atoms with Gasteiger partial charge in [-0.25, -0.2) is 18.9 Å². The number of thiophene rings is 1. The zero-order valence-corrected chi connectivity index (χ0v) is 18.2. The maximum absolute atomic E-state index is 13.2. The molecule has 0 bridgehead atoms. The fourth-order valence-electron chi connectivity index (χ4n) is 2.78. The molecule has 0 aliphatic heterocycles. The molecule has 0 saturated heterocycles. The molecule has 0 radical (unpaired) electrons. The lowest BCUT2D eigenvalue weighted by atomic mass is 10.3. The minimum absolute atomic E-state index is 0.115. The van der Waals surface area contributed by atoms with Gasteiger partial charge in [0.25, 0.3) is 5.91 Å². The maximum atomic E-state index is 13.2.